The summed E-state index contributed by atoms with van der Waals surface area (Å²) in [6.45, 7) is 3.02. The van der Waals surface area contributed by atoms with Gasteiger partial charge in [0.1, 0.15) is 5.69 Å². The number of urea groups is 1. The number of H-pyrrole nitrogens is 1. The number of hydrogen-bond donors (Lipinski definition) is 3. The molecule has 0 bridgehead atoms. The number of benzene rings is 2. The zero-order chi connectivity index (χ0) is 21.2. The first-order valence-corrected chi connectivity index (χ1v) is 10.3. The van der Waals surface area contributed by atoms with Gasteiger partial charge in [-0.3, -0.25) is 9.78 Å². The Morgan fingerprint density at radius 2 is 1.60 bits per heavy atom. The van der Waals surface area contributed by atoms with Gasteiger partial charge in [0.2, 0.25) is 0 Å². The minimum atomic E-state index is -0.171. The number of hydrogen-bond acceptors (Lipinski definition) is 3. The van der Waals surface area contributed by atoms with Crippen molar-refractivity contribution in [3.8, 4) is 0 Å². The maximum absolute atomic E-state index is 12.4. The molecule has 3 aromatic rings. The largest absolute Gasteiger partial charge is 0.338 e. The zero-order valence-corrected chi connectivity index (χ0v) is 17.3. The van der Waals surface area contributed by atoms with Crippen molar-refractivity contribution in [1.82, 2.24) is 20.6 Å². The first-order valence-electron chi connectivity index (χ1n) is 10.3. The molecule has 1 heterocycles. The summed E-state index contributed by atoms with van der Waals surface area (Å²) in [5.74, 6) is 0. The van der Waals surface area contributed by atoms with Crippen LogP contribution < -0.4 is 16.2 Å². The third kappa shape index (κ3) is 6.58. The number of unbranched alkanes of at least 4 members (excludes halogenated alkanes) is 1. The van der Waals surface area contributed by atoms with Crippen LogP contribution >= 0.6 is 0 Å². The quantitative estimate of drug-likeness (QED) is 0.477. The standard InChI is InChI=1S/C24H28N4O2/c1-18-21(28-23(29)22(27-18)16-19-10-4-2-5-11-19)14-8-9-15-25-24(30)26-17-20-12-6-3-7-13-20/h2-7,10-13H,8-9,14-17H2,1H3,(H,28,29)(H2,25,26,30). The van der Waals surface area contributed by atoms with Crippen LogP contribution in [-0.4, -0.2) is 22.5 Å². The fourth-order valence-corrected chi connectivity index (χ4v) is 3.24. The van der Waals surface area contributed by atoms with E-state index in [1.165, 1.54) is 0 Å². The Labute approximate surface area is 176 Å². The molecule has 2 aromatic carbocycles. The number of nitrogens with zero attached hydrogens (tertiary/aromatic N) is 1. The Balaban J connectivity index is 1.40. The lowest BCUT2D eigenvalue weighted by Gasteiger charge is -2.09. The molecule has 0 aliphatic carbocycles. The molecule has 3 N–H and O–H groups in total. The maximum Gasteiger partial charge on any atom is 0.315 e. The van der Waals surface area contributed by atoms with Gasteiger partial charge in [0.25, 0.3) is 5.56 Å². The summed E-state index contributed by atoms with van der Waals surface area (Å²) in [5, 5.41) is 5.71. The molecule has 0 spiro atoms. The van der Waals surface area contributed by atoms with E-state index < -0.39 is 0 Å². The number of nitrogens with one attached hydrogen (secondary N) is 3. The SMILES string of the molecule is Cc1nc(Cc2ccccc2)c(=O)[nH]c1CCCCNC(=O)NCc1ccccc1. The van der Waals surface area contributed by atoms with Crippen LogP contribution in [-0.2, 0) is 19.4 Å². The van der Waals surface area contributed by atoms with Gasteiger partial charge >= 0.3 is 6.03 Å². The van der Waals surface area contributed by atoms with Gasteiger partial charge in [-0.2, -0.15) is 0 Å². The summed E-state index contributed by atoms with van der Waals surface area (Å²) in [4.78, 5) is 31.7. The second-order valence-corrected chi connectivity index (χ2v) is 7.29. The molecular weight excluding hydrogens is 376 g/mol. The van der Waals surface area contributed by atoms with Gasteiger partial charge in [-0.15, -0.1) is 0 Å². The molecule has 2 amide bonds. The smallest absolute Gasteiger partial charge is 0.315 e. The van der Waals surface area contributed by atoms with Gasteiger partial charge in [0.15, 0.2) is 0 Å². The summed E-state index contributed by atoms with van der Waals surface area (Å²) in [5.41, 5.74) is 4.27. The molecule has 3 rings (SSSR count). The first-order chi connectivity index (χ1) is 14.6. The highest BCUT2D eigenvalue weighted by Crippen LogP contribution is 2.08. The molecule has 30 heavy (non-hydrogen) atoms. The predicted octanol–water partition coefficient (Wildman–Crippen LogP) is 3.49. The molecule has 0 saturated heterocycles. The van der Waals surface area contributed by atoms with Crippen molar-refractivity contribution in [2.24, 2.45) is 0 Å². The summed E-state index contributed by atoms with van der Waals surface area (Å²) in [7, 11) is 0. The summed E-state index contributed by atoms with van der Waals surface area (Å²) in [6, 6.07) is 19.5. The highest BCUT2D eigenvalue weighted by atomic mass is 16.2. The molecule has 6 heteroatoms. The van der Waals surface area contributed by atoms with Crippen LogP contribution in [0.15, 0.2) is 65.5 Å². The van der Waals surface area contributed by atoms with Crippen LogP contribution in [0, 0.1) is 6.92 Å². The molecule has 0 unspecified atom stereocenters. The van der Waals surface area contributed by atoms with E-state index in [0.717, 1.165) is 41.8 Å². The van der Waals surface area contributed by atoms with Gasteiger partial charge in [-0.05, 0) is 37.3 Å². The van der Waals surface area contributed by atoms with Gasteiger partial charge < -0.3 is 15.6 Å². The van der Waals surface area contributed by atoms with Crippen molar-refractivity contribution in [3.05, 3.63) is 99.2 Å². The van der Waals surface area contributed by atoms with Crippen LogP contribution in [0.4, 0.5) is 4.79 Å². The molecule has 0 aliphatic rings. The highest BCUT2D eigenvalue weighted by molar-refractivity contribution is 5.73. The average molecular weight is 405 g/mol. The Hall–Kier alpha value is -3.41. The molecule has 156 valence electrons. The van der Waals surface area contributed by atoms with Crippen molar-refractivity contribution >= 4 is 6.03 Å². The number of aryl methyl sites for hydroxylation is 2. The second kappa shape index (κ2) is 11.0. The summed E-state index contributed by atoms with van der Waals surface area (Å²) < 4.78 is 0. The summed E-state index contributed by atoms with van der Waals surface area (Å²) in [6.07, 6.45) is 2.94. The van der Waals surface area contributed by atoms with Crippen molar-refractivity contribution in [2.45, 2.75) is 39.2 Å². The molecule has 0 radical (unpaired) electrons. The van der Waals surface area contributed by atoms with Crippen LogP contribution in [0.1, 0.15) is 41.1 Å². The molecule has 0 atom stereocenters. The van der Waals surface area contributed by atoms with E-state index in [1.54, 1.807) is 0 Å². The van der Waals surface area contributed by atoms with Crippen molar-refractivity contribution in [1.29, 1.82) is 0 Å². The Morgan fingerprint density at radius 3 is 2.30 bits per heavy atom. The first kappa shape index (κ1) is 21.3. The highest BCUT2D eigenvalue weighted by Gasteiger charge is 2.08. The van der Waals surface area contributed by atoms with E-state index in [9.17, 15) is 9.59 Å². The van der Waals surface area contributed by atoms with Gasteiger partial charge in [-0.25, -0.2) is 4.79 Å². The third-order valence-corrected chi connectivity index (χ3v) is 4.92. The second-order valence-electron chi connectivity index (χ2n) is 7.29. The van der Waals surface area contributed by atoms with E-state index in [2.05, 4.69) is 20.6 Å². The number of carbonyl (C=O) groups is 1. The van der Waals surface area contributed by atoms with Crippen LogP contribution in [0.5, 0.6) is 0 Å². The van der Waals surface area contributed by atoms with Crippen molar-refractivity contribution < 1.29 is 4.79 Å². The lowest BCUT2D eigenvalue weighted by atomic mass is 10.1. The molecule has 0 fully saturated rings. The number of carbonyl (C=O) groups excluding carboxylic acids is 1. The minimum absolute atomic E-state index is 0.127. The number of aromatic amines is 1. The lowest BCUT2D eigenvalue weighted by Crippen LogP contribution is -2.35. The minimum Gasteiger partial charge on any atom is -0.338 e. The fourth-order valence-electron chi connectivity index (χ4n) is 3.24. The maximum atomic E-state index is 12.4. The van der Waals surface area contributed by atoms with Gasteiger partial charge in [-0.1, -0.05) is 60.7 Å². The van der Waals surface area contributed by atoms with E-state index in [0.29, 0.717) is 25.2 Å². The third-order valence-electron chi connectivity index (χ3n) is 4.92. The Bertz CT molecular complexity index is 1000. The molecule has 6 nitrogen and oxygen atoms in total. The number of amides is 2. The van der Waals surface area contributed by atoms with E-state index in [1.807, 2.05) is 67.6 Å². The van der Waals surface area contributed by atoms with Crippen LogP contribution in [0.3, 0.4) is 0 Å². The van der Waals surface area contributed by atoms with Gasteiger partial charge in [0.05, 0.1) is 5.69 Å². The fraction of sp³-hybridized carbons (Fsp3) is 0.292. The topological polar surface area (TPSA) is 86.9 Å². The average Bonchev–Trinajstić information content (AvgIpc) is 2.76. The lowest BCUT2D eigenvalue weighted by molar-refractivity contribution is 0.240. The Kier molecular flexibility index (Phi) is 7.78. The zero-order valence-electron chi connectivity index (χ0n) is 17.3. The summed E-state index contributed by atoms with van der Waals surface area (Å²) >= 11 is 0. The monoisotopic (exact) mass is 404 g/mol. The molecule has 1 aromatic heterocycles. The molecular formula is C24H28N4O2. The van der Waals surface area contributed by atoms with Crippen molar-refractivity contribution in [2.75, 3.05) is 6.54 Å². The predicted molar refractivity (Wildman–Crippen MR) is 118 cm³/mol. The van der Waals surface area contributed by atoms with Crippen LogP contribution in [0.2, 0.25) is 0 Å². The normalized spacial score (nSPS) is 10.6. The van der Waals surface area contributed by atoms with E-state index >= 15 is 0 Å². The number of rotatable bonds is 9. The molecule has 0 aliphatic heterocycles. The molecule has 0 saturated carbocycles. The van der Waals surface area contributed by atoms with Crippen LogP contribution in [0.25, 0.3) is 0 Å². The van der Waals surface area contributed by atoms with E-state index in [-0.39, 0.29) is 11.6 Å². The Morgan fingerprint density at radius 1 is 0.933 bits per heavy atom. The van der Waals surface area contributed by atoms with Gasteiger partial charge in [0, 0.05) is 25.2 Å². The van der Waals surface area contributed by atoms with E-state index in [4.69, 9.17) is 0 Å². The van der Waals surface area contributed by atoms with Crippen molar-refractivity contribution in [3.63, 3.8) is 0 Å². The number of aromatic nitrogens is 2.